The van der Waals surface area contributed by atoms with Gasteiger partial charge in [0.15, 0.2) is 5.69 Å². The molecule has 0 saturated heterocycles. The van der Waals surface area contributed by atoms with Crippen molar-refractivity contribution < 1.29 is 9.90 Å². The lowest BCUT2D eigenvalue weighted by molar-refractivity contribution is 0.0690. The summed E-state index contributed by atoms with van der Waals surface area (Å²) in [5, 5.41) is 14.0. The first kappa shape index (κ1) is 8.60. The minimum atomic E-state index is -1.01. The lowest BCUT2D eigenvalue weighted by atomic mass is 10.5. The fourth-order valence-corrected chi connectivity index (χ4v) is 0.379. The second-order valence-electron chi connectivity index (χ2n) is 1.26. The van der Waals surface area contributed by atoms with Crippen LogP contribution in [0, 0.1) is 0 Å². The number of carboxylic acid groups (broad SMARTS) is 1. The third-order valence-corrected chi connectivity index (χ3v) is 0.720. The van der Waals surface area contributed by atoms with Crippen LogP contribution >= 0.6 is 0 Å². The van der Waals surface area contributed by atoms with E-state index in [2.05, 4.69) is 21.9 Å². The maximum Gasteiger partial charge on any atom is 0.356 e. The fraction of sp³-hybridized carbons (Fsp3) is 0. The average molecular weight is 144 g/mol. The Balaban J connectivity index is 0.000000371. The number of carboxylic acids is 1. The molecular weight excluding hydrogens is 136 g/mol. The van der Waals surface area contributed by atoms with Crippen LogP contribution in [-0.4, -0.2) is 21.3 Å². The van der Waals surface area contributed by atoms with Crippen LogP contribution in [0.1, 0.15) is 10.5 Å². The van der Waals surface area contributed by atoms with Gasteiger partial charge in [-0.15, -0.1) is 0 Å². The first-order valence-corrected chi connectivity index (χ1v) is 2.37. The molecule has 0 atom stereocenters. The van der Waals surface area contributed by atoms with E-state index in [1.54, 1.807) is 0 Å². The lowest BCUT2D eigenvalue weighted by Crippen LogP contribution is -2.02. The second kappa shape index (κ2) is 4.48. The van der Waals surface area contributed by atoms with Gasteiger partial charge >= 0.3 is 5.97 Å². The van der Waals surface area contributed by atoms with Crippen molar-refractivity contribution in [3.05, 3.63) is 18.0 Å². The molecule has 0 spiro atoms. The van der Waals surface area contributed by atoms with Gasteiger partial charge in [0.05, 0.1) is 0 Å². The summed E-state index contributed by atoms with van der Waals surface area (Å²) >= 11 is 0. The van der Waals surface area contributed by atoms with E-state index < -0.39 is 5.97 Å². The largest absolute Gasteiger partial charge is 0.476 e. The molecule has 0 radical (unpaired) electrons. The maximum atomic E-state index is 9.98. The molecule has 6 heteroatoms. The van der Waals surface area contributed by atoms with Crippen LogP contribution in [0.3, 0.4) is 0 Å². The van der Waals surface area contributed by atoms with Crippen molar-refractivity contribution in [1.82, 2.24) is 10.2 Å². The predicted molar refractivity (Wildman–Crippen MR) is 33.9 cm³/mol. The molecule has 0 fully saturated rings. The van der Waals surface area contributed by atoms with Gasteiger partial charge in [0.1, 0.15) is 0 Å². The molecule has 0 amide bonds. The van der Waals surface area contributed by atoms with Gasteiger partial charge in [-0.05, 0) is 6.07 Å². The Labute approximate surface area is 56.8 Å². The summed E-state index contributed by atoms with van der Waals surface area (Å²) in [5.41, 5.74) is 0.0463. The number of hydrogen-bond donors (Lipinski definition) is 4. The van der Waals surface area contributed by atoms with Crippen molar-refractivity contribution in [2.45, 2.75) is 0 Å². The highest BCUT2D eigenvalue weighted by molar-refractivity contribution is 5.84. The summed E-state index contributed by atoms with van der Waals surface area (Å²) in [6.07, 6.45) is 1.46. The summed E-state index contributed by atoms with van der Waals surface area (Å²) in [5.74, 6) is 6.99. The average Bonchev–Trinajstić information content (AvgIpc) is 2.42. The first-order valence-electron chi connectivity index (χ1n) is 2.37. The number of nitrogens with zero attached hydrogens (tertiary/aromatic N) is 1. The van der Waals surface area contributed by atoms with Gasteiger partial charge in [-0.3, -0.25) is 16.8 Å². The van der Waals surface area contributed by atoms with Gasteiger partial charge in [0.2, 0.25) is 0 Å². The van der Waals surface area contributed by atoms with E-state index in [0.717, 1.165) is 0 Å². The first-order chi connectivity index (χ1) is 4.80. The third-order valence-electron chi connectivity index (χ3n) is 0.720. The van der Waals surface area contributed by atoms with Crippen molar-refractivity contribution in [3.8, 4) is 0 Å². The van der Waals surface area contributed by atoms with Crippen molar-refractivity contribution in [2.24, 2.45) is 11.7 Å². The van der Waals surface area contributed by atoms with E-state index in [9.17, 15) is 4.79 Å². The number of H-pyrrole nitrogens is 1. The Morgan fingerprint density at radius 1 is 1.70 bits per heavy atom. The standard InChI is InChI=1S/C4H4N2O2.H4N2/c7-4(8)3-1-2-5-6-3;1-2/h1-2H,(H,5,6)(H,7,8);1-2H2. The van der Waals surface area contributed by atoms with Crippen molar-refractivity contribution in [3.63, 3.8) is 0 Å². The Morgan fingerprint density at radius 3 is 2.50 bits per heavy atom. The van der Waals surface area contributed by atoms with Crippen LogP contribution in [-0.2, 0) is 0 Å². The highest BCUT2D eigenvalue weighted by Crippen LogP contribution is 1.87. The van der Waals surface area contributed by atoms with Gasteiger partial charge in [-0.1, -0.05) is 0 Å². The van der Waals surface area contributed by atoms with E-state index in [4.69, 9.17) is 5.11 Å². The van der Waals surface area contributed by atoms with E-state index in [0.29, 0.717) is 0 Å². The van der Waals surface area contributed by atoms with E-state index in [-0.39, 0.29) is 5.69 Å². The third kappa shape index (κ3) is 2.25. The number of hydrogen-bond acceptors (Lipinski definition) is 4. The zero-order valence-electron chi connectivity index (χ0n) is 5.11. The van der Waals surface area contributed by atoms with Crippen LogP contribution in [0.15, 0.2) is 12.3 Å². The van der Waals surface area contributed by atoms with Gasteiger partial charge in [0, 0.05) is 6.20 Å². The zero-order valence-corrected chi connectivity index (χ0v) is 5.11. The molecule has 0 aromatic carbocycles. The smallest absolute Gasteiger partial charge is 0.356 e. The number of aromatic amines is 1. The molecule has 1 rings (SSSR count). The van der Waals surface area contributed by atoms with E-state index in [1.165, 1.54) is 12.3 Å². The van der Waals surface area contributed by atoms with Gasteiger partial charge < -0.3 is 5.11 Å². The van der Waals surface area contributed by atoms with Crippen molar-refractivity contribution >= 4 is 5.97 Å². The summed E-state index contributed by atoms with van der Waals surface area (Å²) in [4.78, 5) is 9.98. The lowest BCUT2D eigenvalue weighted by Gasteiger charge is -1.77. The number of aromatic carboxylic acids is 1. The molecule has 0 aliphatic rings. The molecule has 0 saturated carbocycles. The number of hydrazine groups is 1. The van der Waals surface area contributed by atoms with Crippen LogP contribution in [0.2, 0.25) is 0 Å². The number of aromatic nitrogens is 2. The molecule has 56 valence electrons. The van der Waals surface area contributed by atoms with Crippen molar-refractivity contribution in [1.29, 1.82) is 0 Å². The Morgan fingerprint density at radius 2 is 2.30 bits per heavy atom. The van der Waals surface area contributed by atoms with Crippen LogP contribution in [0.5, 0.6) is 0 Å². The Bertz CT molecular complexity index is 183. The molecule has 0 unspecified atom stereocenters. The fourth-order valence-electron chi connectivity index (χ4n) is 0.379. The van der Waals surface area contributed by atoms with Crippen LogP contribution < -0.4 is 11.7 Å². The Hall–Kier alpha value is -1.40. The molecule has 1 aromatic heterocycles. The number of rotatable bonds is 1. The number of carbonyl (C=O) groups is 1. The summed E-state index contributed by atoms with van der Waals surface area (Å²) in [6.45, 7) is 0. The van der Waals surface area contributed by atoms with Crippen LogP contribution in [0.4, 0.5) is 0 Å². The monoisotopic (exact) mass is 144 g/mol. The molecule has 0 aliphatic heterocycles. The summed E-state index contributed by atoms with van der Waals surface area (Å²) in [6, 6.07) is 1.39. The molecule has 10 heavy (non-hydrogen) atoms. The molecule has 0 aliphatic carbocycles. The zero-order chi connectivity index (χ0) is 7.98. The predicted octanol–water partition coefficient (Wildman–Crippen LogP) is -1.07. The van der Waals surface area contributed by atoms with Gasteiger partial charge in [-0.25, -0.2) is 4.79 Å². The molecule has 1 aromatic rings. The summed E-state index contributed by atoms with van der Waals surface area (Å²) in [7, 11) is 0. The Kier molecular flexibility index (Phi) is 3.85. The topological polar surface area (TPSA) is 118 Å². The van der Waals surface area contributed by atoms with Crippen LogP contribution in [0.25, 0.3) is 0 Å². The molecule has 1 heterocycles. The van der Waals surface area contributed by atoms with Crippen molar-refractivity contribution in [2.75, 3.05) is 0 Å². The second-order valence-corrected chi connectivity index (χ2v) is 1.26. The summed E-state index contributed by atoms with van der Waals surface area (Å²) < 4.78 is 0. The molecule has 0 bridgehead atoms. The highest BCUT2D eigenvalue weighted by atomic mass is 16.4. The van der Waals surface area contributed by atoms with E-state index >= 15 is 0 Å². The SMILES string of the molecule is NN.O=C(O)c1cc[nH]n1. The number of nitrogens with two attached hydrogens (primary N) is 2. The highest BCUT2D eigenvalue weighted by Gasteiger charge is 2.00. The normalized spacial score (nSPS) is 7.80. The molecule has 6 nitrogen and oxygen atoms in total. The molecular formula is C4H8N4O2. The van der Waals surface area contributed by atoms with E-state index in [1.807, 2.05) is 0 Å². The maximum absolute atomic E-state index is 9.98. The van der Waals surface area contributed by atoms with Gasteiger partial charge in [0.25, 0.3) is 0 Å². The van der Waals surface area contributed by atoms with Gasteiger partial charge in [-0.2, -0.15) is 5.10 Å². The number of nitrogens with one attached hydrogen (secondary N) is 1. The minimum Gasteiger partial charge on any atom is -0.476 e. The molecule has 6 N–H and O–H groups in total. The quantitative estimate of drug-likeness (QED) is 0.295. The minimum absolute atomic E-state index is 0.0463.